The van der Waals surface area contributed by atoms with Gasteiger partial charge < -0.3 is 5.73 Å². The second-order valence-electron chi connectivity index (χ2n) is 6.14. The summed E-state index contributed by atoms with van der Waals surface area (Å²) >= 11 is 0. The van der Waals surface area contributed by atoms with Crippen LogP contribution < -0.4 is 5.73 Å². The van der Waals surface area contributed by atoms with Crippen LogP contribution in [0.4, 0.5) is 0 Å². The third kappa shape index (κ3) is 3.27. The van der Waals surface area contributed by atoms with E-state index in [0.717, 1.165) is 24.2 Å². The normalized spacial score (nSPS) is 26.4. The highest BCUT2D eigenvalue weighted by atomic mass is 32.2. The summed E-state index contributed by atoms with van der Waals surface area (Å²) in [6.45, 7) is 2.93. The molecule has 1 heterocycles. The minimum absolute atomic E-state index is 0.354. The number of nitrogens with zero attached hydrogens (tertiary/aromatic N) is 2. The number of pyridine rings is 1. The molecular formula is C15H25N3O2S. The number of rotatable bonds is 5. The van der Waals surface area contributed by atoms with Gasteiger partial charge in [0.05, 0.1) is 10.9 Å². The first-order valence-electron chi connectivity index (χ1n) is 7.32. The Balaban J connectivity index is 2.27. The summed E-state index contributed by atoms with van der Waals surface area (Å²) in [4.78, 5) is 6.60. The van der Waals surface area contributed by atoms with Crippen LogP contribution in [0, 0.1) is 6.92 Å². The highest BCUT2D eigenvalue weighted by Gasteiger charge is 2.49. The van der Waals surface area contributed by atoms with E-state index in [-0.39, 0.29) is 5.25 Å². The number of hydrogen-bond acceptors (Lipinski definition) is 5. The molecule has 0 saturated heterocycles. The summed E-state index contributed by atoms with van der Waals surface area (Å²) in [5, 5.41) is -0.384. The van der Waals surface area contributed by atoms with Crippen molar-refractivity contribution >= 4 is 9.84 Å². The number of nitrogens with two attached hydrogens (primary N) is 1. The van der Waals surface area contributed by atoms with Crippen molar-refractivity contribution in [2.24, 2.45) is 5.73 Å². The quantitative estimate of drug-likeness (QED) is 0.882. The fourth-order valence-electron chi connectivity index (χ4n) is 3.55. The summed E-state index contributed by atoms with van der Waals surface area (Å²) in [6.07, 6.45) is 3.75. The van der Waals surface area contributed by atoms with Crippen LogP contribution in [0.3, 0.4) is 0 Å². The van der Waals surface area contributed by atoms with E-state index in [1.165, 1.54) is 6.26 Å². The van der Waals surface area contributed by atoms with Gasteiger partial charge in [-0.2, -0.15) is 0 Å². The van der Waals surface area contributed by atoms with Crippen molar-refractivity contribution < 1.29 is 8.42 Å². The first kappa shape index (κ1) is 16.4. The molecule has 0 radical (unpaired) electrons. The Morgan fingerprint density at radius 3 is 2.76 bits per heavy atom. The maximum atomic E-state index is 12.1. The van der Waals surface area contributed by atoms with E-state index < -0.39 is 15.4 Å². The molecule has 1 aromatic rings. The van der Waals surface area contributed by atoms with Crippen LogP contribution in [-0.4, -0.2) is 48.9 Å². The van der Waals surface area contributed by atoms with Crippen molar-refractivity contribution in [1.29, 1.82) is 0 Å². The summed E-state index contributed by atoms with van der Waals surface area (Å²) in [7, 11) is -1.15. The van der Waals surface area contributed by atoms with Crippen LogP contribution in [-0.2, 0) is 16.4 Å². The zero-order valence-corrected chi connectivity index (χ0v) is 13.9. The highest BCUT2D eigenvalue weighted by Crippen LogP contribution is 2.38. The predicted molar refractivity (Wildman–Crippen MR) is 84.7 cm³/mol. The Morgan fingerprint density at radius 1 is 1.48 bits per heavy atom. The third-order valence-electron chi connectivity index (χ3n) is 4.65. The summed E-state index contributed by atoms with van der Waals surface area (Å²) in [6, 6.07) is 5.90. The first-order chi connectivity index (χ1) is 9.79. The van der Waals surface area contributed by atoms with E-state index in [2.05, 4.69) is 9.88 Å². The molecule has 1 aliphatic carbocycles. The third-order valence-corrected chi connectivity index (χ3v) is 6.36. The SMILES string of the molecule is Cc1cccc(CN(C)C2(CN)CCCC2S(C)(=O)=O)n1. The Hall–Kier alpha value is -0.980. The number of sulfone groups is 1. The van der Waals surface area contributed by atoms with Gasteiger partial charge in [0.25, 0.3) is 0 Å². The molecule has 0 amide bonds. The zero-order chi connectivity index (χ0) is 15.7. The molecule has 0 aromatic carbocycles. The molecule has 2 N–H and O–H groups in total. The number of likely N-dealkylation sites (N-methyl/N-ethyl adjacent to an activating group) is 1. The second-order valence-corrected chi connectivity index (χ2v) is 8.37. The van der Waals surface area contributed by atoms with E-state index in [1.807, 2.05) is 32.2 Å². The zero-order valence-electron chi connectivity index (χ0n) is 13.0. The molecule has 5 nitrogen and oxygen atoms in total. The fraction of sp³-hybridized carbons (Fsp3) is 0.667. The van der Waals surface area contributed by atoms with Gasteiger partial charge in [-0.3, -0.25) is 9.88 Å². The highest BCUT2D eigenvalue weighted by molar-refractivity contribution is 7.91. The average Bonchev–Trinajstić information content (AvgIpc) is 2.83. The van der Waals surface area contributed by atoms with Gasteiger partial charge in [0.15, 0.2) is 9.84 Å². The van der Waals surface area contributed by atoms with Gasteiger partial charge in [-0.25, -0.2) is 8.42 Å². The van der Waals surface area contributed by atoms with E-state index in [9.17, 15) is 8.42 Å². The number of hydrogen-bond donors (Lipinski definition) is 1. The standard InChI is InChI=1S/C15H25N3O2S/c1-12-6-4-7-13(17-12)10-18(2)15(11-16)9-5-8-14(15)21(3,19)20/h4,6-7,14H,5,8-11,16H2,1-3H3. The van der Waals surface area contributed by atoms with Crippen LogP contribution in [0.5, 0.6) is 0 Å². The molecule has 1 fully saturated rings. The summed E-state index contributed by atoms with van der Waals surface area (Å²) in [5.74, 6) is 0. The summed E-state index contributed by atoms with van der Waals surface area (Å²) in [5.41, 5.74) is 7.46. The lowest BCUT2D eigenvalue weighted by Gasteiger charge is -2.41. The van der Waals surface area contributed by atoms with Crippen molar-refractivity contribution in [2.75, 3.05) is 19.8 Å². The fourth-order valence-corrected chi connectivity index (χ4v) is 5.34. The Bertz CT molecular complexity index is 603. The van der Waals surface area contributed by atoms with Gasteiger partial charge in [-0.15, -0.1) is 0 Å². The molecular weight excluding hydrogens is 286 g/mol. The molecule has 2 unspecified atom stereocenters. The van der Waals surface area contributed by atoms with E-state index in [4.69, 9.17) is 5.73 Å². The molecule has 0 bridgehead atoms. The van der Waals surface area contributed by atoms with Crippen LogP contribution in [0.15, 0.2) is 18.2 Å². The van der Waals surface area contributed by atoms with Crippen LogP contribution in [0.2, 0.25) is 0 Å². The maximum absolute atomic E-state index is 12.1. The molecule has 1 saturated carbocycles. The summed E-state index contributed by atoms with van der Waals surface area (Å²) < 4.78 is 24.2. The number of aromatic nitrogens is 1. The molecule has 2 rings (SSSR count). The molecule has 118 valence electrons. The molecule has 0 spiro atoms. The van der Waals surface area contributed by atoms with Crippen molar-refractivity contribution in [3.63, 3.8) is 0 Å². The molecule has 0 aliphatic heterocycles. The van der Waals surface area contributed by atoms with Crippen LogP contribution >= 0.6 is 0 Å². The van der Waals surface area contributed by atoms with Crippen LogP contribution in [0.25, 0.3) is 0 Å². The Morgan fingerprint density at radius 2 is 2.19 bits per heavy atom. The lowest BCUT2D eigenvalue weighted by Crippen LogP contribution is -2.58. The smallest absolute Gasteiger partial charge is 0.152 e. The Labute approximate surface area is 127 Å². The van der Waals surface area contributed by atoms with Crippen LogP contribution in [0.1, 0.15) is 30.7 Å². The van der Waals surface area contributed by atoms with Crippen molar-refractivity contribution in [3.8, 4) is 0 Å². The maximum Gasteiger partial charge on any atom is 0.152 e. The minimum Gasteiger partial charge on any atom is -0.329 e. The Kier molecular flexibility index (Phi) is 4.70. The lowest BCUT2D eigenvalue weighted by atomic mass is 9.95. The lowest BCUT2D eigenvalue weighted by molar-refractivity contribution is 0.125. The van der Waals surface area contributed by atoms with E-state index in [1.54, 1.807) is 0 Å². The first-order valence-corrected chi connectivity index (χ1v) is 9.28. The van der Waals surface area contributed by atoms with Crippen molar-refractivity contribution in [2.45, 2.75) is 43.5 Å². The topological polar surface area (TPSA) is 76.3 Å². The van der Waals surface area contributed by atoms with Crippen molar-refractivity contribution in [3.05, 3.63) is 29.6 Å². The van der Waals surface area contributed by atoms with Gasteiger partial charge >= 0.3 is 0 Å². The molecule has 1 aliphatic rings. The predicted octanol–water partition coefficient (Wildman–Crippen LogP) is 1.12. The monoisotopic (exact) mass is 311 g/mol. The van der Waals surface area contributed by atoms with Gasteiger partial charge in [-0.1, -0.05) is 12.5 Å². The van der Waals surface area contributed by atoms with Gasteiger partial charge in [0.1, 0.15) is 0 Å². The number of aryl methyl sites for hydroxylation is 1. The molecule has 6 heteroatoms. The molecule has 21 heavy (non-hydrogen) atoms. The van der Waals surface area contributed by atoms with Gasteiger partial charge in [0, 0.05) is 30.6 Å². The van der Waals surface area contributed by atoms with E-state index in [0.29, 0.717) is 19.5 Å². The second kappa shape index (κ2) is 6.02. The molecule has 2 atom stereocenters. The van der Waals surface area contributed by atoms with Gasteiger partial charge in [-0.05, 0) is 38.9 Å². The van der Waals surface area contributed by atoms with Gasteiger partial charge in [0.2, 0.25) is 0 Å². The van der Waals surface area contributed by atoms with E-state index >= 15 is 0 Å². The van der Waals surface area contributed by atoms with Crippen molar-refractivity contribution in [1.82, 2.24) is 9.88 Å². The largest absolute Gasteiger partial charge is 0.329 e. The molecule has 1 aromatic heterocycles. The minimum atomic E-state index is -3.11. The average molecular weight is 311 g/mol.